The zero-order valence-corrected chi connectivity index (χ0v) is 22.0. The molecule has 0 unspecified atom stereocenters. The van der Waals surface area contributed by atoms with Crippen LogP contribution in [0.25, 0.3) is 16.7 Å². The lowest BCUT2D eigenvalue weighted by Gasteiger charge is -2.15. The van der Waals surface area contributed by atoms with E-state index in [1.807, 2.05) is 10.5 Å². The van der Waals surface area contributed by atoms with Crippen LogP contribution in [0.5, 0.6) is 0 Å². The van der Waals surface area contributed by atoms with E-state index in [9.17, 15) is 9.59 Å². The van der Waals surface area contributed by atoms with E-state index in [1.54, 1.807) is 28.5 Å². The monoisotopic (exact) mass is 503 g/mol. The van der Waals surface area contributed by atoms with Crippen LogP contribution in [0, 0.1) is 12.8 Å². The van der Waals surface area contributed by atoms with Crippen molar-refractivity contribution >= 4 is 34.3 Å². The van der Waals surface area contributed by atoms with Gasteiger partial charge in [0.15, 0.2) is 5.16 Å². The van der Waals surface area contributed by atoms with Crippen molar-refractivity contribution in [3.8, 4) is 0 Å². The third-order valence-electron chi connectivity index (χ3n) is 6.90. The number of thioether (sulfide) groups is 1. The predicted molar refractivity (Wildman–Crippen MR) is 145 cm³/mol. The summed E-state index contributed by atoms with van der Waals surface area (Å²) in [7, 11) is 0. The van der Waals surface area contributed by atoms with Gasteiger partial charge in [-0.1, -0.05) is 68.3 Å². The fraction of sp³-hybridized carbons (Fsp3) is 0.429. The average molecular weight is 504 g/mol. The summed E-state index contributed by atoms with van der Waals surface area (Å²) in [6, 6.07) is 14.0. The van der Waals surface area contributed by atoms with E-state index < -0.39 is 0 Å². The number of nitrogens with one attached hydrogen (secondary N) is 1. The largest absolute Gasteiger partial charge is 0.349 e. The smallest absolute Gasteiger partial charge is 0.262 e. The van der Waals surface area contributed by atoms with Crippen LogP contribution in [0.4, 0.5) is 0 Å². The standard InChI is InChI=1S/C28H33N5O2S/c1-18(2)13-14-32-26(35)23-12-11-21(25(34)29-22-9-4-5-10-22)16-24(23)33-27(32)30-31-28(33)36-17-20-8-6-7-19(3)15-20/h6-8,11-12,15-16,18,22H,4-5,9-10,13-14,17H2,1-3H3,(H,29,34). The maximum atomic E-state index is 13.5. The van der Waals surface area contributed by atoms with Crippen molar-refractivity contribution in [2.45, 2.75) is 76.4 Å². The van der Waals surface area contributed by atoms with E-state index in [-0.39, 0.29) is 17.5 Å². The third kappa shape index (κ3) is 5.05. The van der Waals surface area contributed by atoms with Gasteiger partial charge in [-0.25, -0.2) is 0 Å². The number of hydrogen-bond acceptors (Lipinski definition) is 5. The molecule has 1 amide bonds. The number of fused-ring (bicyclic) bond motifs is 3. The highest BCUT2D eigenvalue weighted by Gasteiger charge is 2.21. The molecular formula is C28H33N5O2S. The van der Waals surface area contributed by atoms with Gasteiger partial charge >= 0.3 is 0 Å². The Labute approximate surface area is 215 Å². The quantitative estimate of drug-likeness (QED) is 0.327. The van der Waals surface area contributed by atoms with Crippen molar-refractivity contribution in [2.24, 2.45) is 5.92 Å². The molecular weight excluding hydrogens is 470 g/mol. The van der Waals surface area contributed by atoms with Crippen molar-refractivity contribution in [3.05, 3.63) is 69.5 Å². The normalized spacial score (nSPS) is 14.3. The van der Waals surface area contributed by atoms with Crippen LogP contribution in [0.1, 0.15) is 67.4 Å². The molecule has 0 spiro atoms. The molecule has 0 saturated heterocycles. The maximum Gasteiger partial charge on any atom is 0.262 e. The highest BCUT2D eigenvalue weighted by atomic mass is 32.2. The van der Waals surface area contributed by atoms with Gasteiger partial charge in [0.2, 0.25) is 5.78 Å². The van der Waals surface area contributed by atoms with Crippen molar-refractivity contribution < 1.29 is 4.79 Å². The molecule has 1 aliphatic carbocycles. The Morgan fingerprint density at radius 3 is 2.69 bits per heavy atom. The van der Waals surface area contributed by atoms with E-state index >= 15 is 0 Å². The number of amides is 1. The molecule has 1 aliphatic rings. The summed E-state index contributed by atoms with van der Waals surface area (Å²) in [4.78, 5) is 26.6. The molecule has 1 N–H and O–H groups in total. The van der Waals surface area contributed by atoms with Gasteiger partial charge in [-0.05, 0) is 55.9 Å². The first kappa shape index (κ1) is 24.6. The summed E-state index contributed by atoms with van der Waals surface area (Å²) in [6.45, 7) is 6.94. The SMILES string of the molecule is Cc1cccc(CSc2nnc3n(CCC(C)C)c(=O)c4ccc(C(=O)NC5CCCC5)cc4n23)c1. The van der Waals surface area contributed by atoms with E-state index in [0.29, 0.717) is 39.9 Å². The zero-order chi connectivity index (χ0) is 25.2. The molecule has 0 bridgehead atoms. The van der Waals surface area contributed by atoms with Crippen molar-refractivity contribution in [1.82, 2.24) is 24.5 Å². The van der Waals surface area contributed by atoms with Gasteiger partial charge in [0.25, 0.3) is 11.5 Å². The second-order valence-corrected chi connectivity index (χ2v) is 11.2. The Balaban J connectivity index is 1.59. The molecule has 1 saturated carbocycles. The molecule has 188 valence electrons. The van der Waals surface area contributed by atoms with Crippen LogP contribution >= 0.6 is 11.8 Å². The Morgan fingerprint density at radius 1 is 1.14 bits per heavy atom. The summed E-state index contributed by atoms with van der Waals surface area (Å²) >= 11 is 1.59. The minimum Gasteiger partial charge on any atom is -0.349 e. The van der Waals surface area contributed by atoms with Crippen LogP contribution in [0.3, 0.4) is 0 Å². The molecule has 0 atom stereocenters. The second-order valence-electron chi connectivity index (χ2n) is 10.2. The van der Waals surface area contributed by atoms with E-state index in [1.165, 1.54) is 11.1 Å². The number of rotatable bonds is 8. The van der Waals surface area contributed by atoms with Crippen molar-refractivity contribution in [1.29, 1.82) is 0 Å². The van der Waals surface area contributed by atoms with Gasteiger partial charge in [-0.3, -0.25) is 18.6 Å². The van der Waals surface area contributed by atoms with Crippen LogP contribution in [0.15, 0.2) is 52.4 Å². The topological polar surface area (TPSA) is 81.3 Å². The molecule has 2 aromatic heterocycles. The Hall–Kier alpha value is -3.13. The molecule has 1 fully saturated rings. The lowest BCUT2D eigenvalue weighted by molar-refractivity contribution is 0.0938. The lowest BCUT2D eigenvalue weighted by atomic mass is 10.1. The molecule has 0 aliphatic heterocycles. The molecule has 0 radical (unpaired) electrons. The molecule has 7 nitrogen and oxygen atoms in total. The summed E-state index contributed by atoms with van der Waals surface area (Å²) < 4.78 is 3.67. The number of benzene rings is 2. The van der Waals surface area contributed by atoms with E-state index in [4.69, 9.17) is 0 Å². The van der Waals surface area contributed by atoms with Crippen molar-refractivity contribution in [3.63, 3.8) is 0 Å². The molecule has 2 heterocycles. The first-order chi connectivity index (χ1) is 17.4. The number of aryl methyl sites for hydroxylation is 2. The third-order valence-corrected chi connectivity index (χ3v) is 7.91. The number of carbonyl (C=O) groups is 1. The number of aromatic nitrogens is 4. The maximum absolute atomic E-state index is 13.5. The molecule has 4 aromatic rings. The second kappa shape index (κ2) is 10.5. The number of nitrogens with zero attached hydrogens (tertiary/aromatic N) is 4. The van der Waals surface area contributed by atoms with Crippen LogP contribution in [-0.4, -0.2) is 31.1 Å². The highest BCUT2D eigenvalue weighted by Crippen LogP contribution is 2.26. The first-order valence-electron chi connectivity index (χ1n) is 12.8. The van der Waals surface area contributed by atoms with Gasteiger partial charge in [0.1, 0.15) is 0 Å². The summed E-state index contributed by atoms with van der Waals surface area (Å²) in [6.07, 6.45) is 5.22. The van der Waals surface area contributed by atoms with Gasteiger partial charge in [0, 0.05) is 23.9 Å². The van der Waals surface area contributed by atoms with Crippen molar-refractivity contribution in [2.75, 3.05) is 0 Å². The Kier molecular flexibility index (Phi) is 7.14. The van der Waals surface area contributed by atoms with Gasteiger partial charge in [-0.2, -0.15) is 0 Å². The average Bonchev–Trinajstić information content (AvgIpc) is 3.52. The number of hydrogen-bond donors (Lipinski definition) is 1. The van der Waals surface area contributed by atoms with Gasteiger partial charge < -0.3 is 5.32 Å². The molecule has 5 rings (SSSR count). The van der Waals surface area contributed by atoms with Gasteiger partial charge in [0.05, 0.1) is 10.9 Å². The summed E-state index contributed by atoms with van der Waals surface area (Å²) in [5.41, 5.74) is 3.55. The minimum atomic E-state index is -0.0945. The van der Waals surface area contributed by atoms with Crippen LogP contribution in [-0.2, 0) is 12.3 Å². The first-order valence-corrected chi connectivity index (χ1v) is 13.8. The fourth-order valence-electron chi connectivity index (χ4n) is 4.89. The van der Waals surface area contributed by atoms with Gasteiger partial charge in [-0.15, -0.1) is 10.2 Å². The molecule has 36 heavy (non-hydrogen) atoms. The van der Waals surface area contributed by atoms with E-state index in [0.717, 1.165) is 37.9 Å². The van der Waals surface area contributed by atoms with Crippen LogP contribution in [0.2, 0.25) is 0 Å². The van der Waals surface area contributed by atoms with Crippen LogP contribution < -0.4 is 10.9 Å². The molecule has 8 heteroatoms. The summed E-state index contributed by atoms with van der Waals surface area (Å²) in [5, 5.41) is 13.4. The Bertz CT molecular complexity index is 1470. The summed E-state index contributed by atoms with van der Waals surface area (Å²) in [5.74, 6) is 1.61. The predicted octanol–water partition coefficient (Wildman–Crippen LogP) is 5.36. The highest BCUT2D eigenvalue weighted by molar-refractivity contribution is 7.98. The Morgan fingerprint density at radius 2 is 1.94 bits per heavy atom. The lowest BCUT2D eigenvalue weighted by Crippen LogP contribution is -2.32. The number of carbonyl (C=O) groups excluding carboxylic acids is 1. The molecule has 2 aromatic carbocycles. The minimum absolute atomic E-state index is 0.0939. The zero-order valence-electron chi connectivity index (χ0n) is 21.2. The fourth-order valence-corrected chi connectivity index (χ4v) is 5.78. The van der Waals surface area contributed by atoms with E-state index in [2.05, 4.69) is 60.6 Å².